The van der Waals surface area contributed by atoms with E-state index in [-0.39, 0.29) is 11.9 Å². The average molecular weight is 368 g/mol. The molecule has 134 valence electrons. The number of amides is 1. The second-order valence-corrected chi connectivity index (χ2v) is 7.84. The van der Waals surface area contributed by atoms with Crippen LogP contribution in [0.25, 0.3) is 0 Å². The maximum atomic E-state index is 12.6. The summed E-state index contributed by atoms with van der Waals surface area (Å²) in [5.41, 5.74) is 0.623. The zero-order chi connectivity index (χ0) is 18.1. The molecular weight excluding hydrogens is 348 g/mol. The Kier molecular flexibility index (Phi) is 4.62. The van der Waals surface area contributed by atoms with E-state index in [0.29, 0.717) is 33.3 Å². The molecule has 1 aromatic carbocycles. The third-order valence-corrected chi connectivity index (χ3v) is 6.17. The van der Waals surface area contributed by atoms with E-state index >= 15 is 0 Å². The highest BCUT2D eigenvalue weighted by Gasteiger charge is 2.40. The Balaban J connectivity index is 1.40. The van der Waals surface area contributed by atoms with Gasteiger partial charge in [-0.15, -0.1) is 0 Å². The number of thiazole rings is 1. The molecule has 2 unspecified atom stereocenters. The van der Waals surface area contributed by atoms with E-state index in [9.17, 15) is 4.79 Å². The molecule has 1 amide bonds. The van der Waals surface area contributed by atoms with Gasteiger partial charge in [-0.05, 0) is 63.0 Å². The summed E-state index contributed by atoms with van der Waals surface area (Å²) in [6, 6.07) is 9.67. The van der Waals surface area contributed by atoms with Gasteiger partial charge in [0.1, 0.15) is 16.7 Å². The van der Waals surface area contributed by atoms with Gasteiger partial charge < -0.3 is 10.1 Å². The molecule has 5 rings (SSSR count). The fourth-order valence-corrected chi connectivity index (χ4v) is 4.49. The number of piperidine rings is 3. The summed E-state index contributed by atoms with van der Waals surface area (Å²) in [7, 11) is 0. The van der Waals surface area contributed by atoms with Crippen LogP contribution in [-0.4, -0.2) is 41.0 Å². The quantitative estimate of drug-likeness (QED) is 0.897. The molecule has 4 heterocycles. The summed E-state index contributed by atoms with van der Waals surface area (Å²) in [5, 5.41) is 12.5. The van der Waals surface area contributed by atoms with E-state index in [1.165, 1.54) is 30.4 Å². The molecule has 1 N–H and O–H groups in total. The first-order valence-corrected chi connectivity index (χ1v) is 9.64. The molecule has 2 bridgehead atoms. The number of ether oxygens (including phenoxy) is 1. The molecule has 7 heteroatoms. The van der Waals surface area contributed by atoms with Crippen LogP contribution in [0.15, 0.2) is 30.5 Å². The highest BCUT2D eigenvalue weighted by atomic mass is 32.1. The Morgan fingerprint density at radius 1 is 1.35 bits per heavy atom. The van der Waals surface area contributed by atoms with Crippen LogP contribution in [-0.2, 0) is 0 Å². The van der Waals surface area contributed by atoms with Crippen molar-refractivity contribution in [2.24, 2.45) is 5.92 Å². The summed E-state index contributed by atoms with van der Waals surface area (Å²) in [6.45, 7) is 4.50. The zero-order valence-corrected chi connectivity index (χ0v) is 15.3. The number of hydrogen-bond acceptors (Lipinski definition) is 6. The number of nitrogens with zero attached hydrogens (tertiary/aromatic N) is 3. The number of carbonyl (C=O) groups excluding carboxylic acids is 1. The van der Waals surface area contributed by atoms with Gasteiger partial charge >= 0.3 is 0 Å². The summed E-state index contributed by atoms with van der Waals surface area (Å²) < 4.78 is 5.62. The predicted molar refractivity (Wildman–Crippen MR) is 98.4 cm³/mol. The van der Waals surface area contributed by atoms with Crippen molar-refractivity contribution < 1.29 is 9.53 Å². The van der Waals surface area contributed by atoms with Crippen LogP contribution in [0.2, 0.25) is 0 Å². The van der Waals surface area contributed by atoms with Crippen molar-refractivity contribution in [1.82, 2.24) is 15.2 Å². The van der Waals surface area contributed by atoms with Gasteiger partial charge in [0.05, 0.1) is 6.20 Å². The molecule has 6 nitrogen and oxygen atoms in total. The summed E-state index contributed by atoms with van der Waals surface area (Å²) in [5.74, 6) is 1.14. The van der Waals surface area contributed by atoms with Crippen molar-refractivity contribution >= 4 is 17.2 Å². The molecule has 0 saturated carbocycles. The van der Waals surface area contributed by atoms with Crippen molar-refractivity contribution in [1.29, 1.82) is 5.26 Å². The molecule has 0 spiro atoms. The Morgan fingerprint density at radius 2 is 2.08 bits per heavy atom. The lowest BCUT2D eigenvalue weighted by molar-refractivity contribution is 0.0217. The average Bonchev–Trinajstić information content (AvgIpc) is 3.13. The normalized spacial score (nSPS) is 26.9. The second-order valence-electron chi connectivity index (χ2n) is 6.84. The summed E-state index contributed by atoms with van der Waals surface area (Å²) in [4.78, 5) is 19.6. The Labute approximate surface area is 156 Å². The molecule has 3 saturated heterocycles. The van der Waals surface area contributed by atoms with Crippen molar-refractivity contribution in [2.45, 2.75) is 31.8 Å². The minimum atomic E-state index is -0.0387. The molecule has 3 aliphatic heterocycles. The molecule has 0 aliphatic carbocycles. The van der Waals surface area contributed by atoms with Gasteiger partial charge in [0.25, 0.3) is 11.1 Å². The Bertz CT molecular complexity index is 832. The smallest absolute Gasteiger partial charge is 0.279 e. The van der Waals surface area contributed by atoms with Gasteiger partial charge in [-0.3, -0.25) is 9.69 Å². The number of fused-ring (bicyclic) bond motifs is 3. The highest BCUT2D eigenvalue weighted by Crippen LogP contribution is 2.32. The number of aromatic nitrogens is 1. The minimum absolute atomic E-state index is 0.0387. The van der Waals surface area contributed by atoms with Crippen LogP contribution >= 0.6 is 11.3 Å². The largest absolute Gasteiger partial charge is 0.431 e. The third-order valence-electron chi connectivity index (χ3n) is 5.39. The summed E-state index contributed by atoms with van der Waals surface area (Å²) >= 11 is 1.19. The topological polar surface area (TPSA) is 78.2 Å². The van der Waals surface area contributed by atoms with Crippen molar-refractivity contribution in [3.63, 3.8) is 0 Å². The highest BCUT2D eigenvalue weighted by molar-refractivity contribution is 7.13. The first-order chi connectivity index (χ1) is 12.6. The van der Waals surface area contributed by atoms with E-state index < -0.39 is 0 Å². The number of rotatable bonds is 4. The van der Waals surface area contributed by atoms with Gasteiger partial charge in [-0.25, -0.2) is 4.98 Å². The molecule has 1 aromatic heterocycles. The predicted octanol–water partition coefficient (Wildman–Crippen LogP) is 3.02. The molecule has 26 heavy (non-hydrogen) atoms. The van der Waals surface area contributed by atoms with Crippen LogP contribution in [0.1, 0.15) is 35.0 Å². The van der Waals surface area contributed by atoms with Gasteiger partial charge in [0.2, 0.25) is 0 Å². The molecule has 3 fully saturated rings. The molecule has 2 aromatic rings. The van der Waals surface area contributed by atoms with Crippen molar-refractivity contribution in [3.05, 3.63) is 40.9 Å². The number of hydrogen-bond donors (Lipinski definition) is 1. The van der Waals surface area contributed by atoms with E-state index in [1.807, 2.05) is 6.07 Å². The lowest BCUT2D eigenvalue weighted by Crippen LogP contribution is -2.62. The van der Waals surface area contributed by atoms with Gasteiger partial charge in [0.15, 0.2) is 0 Å². The Morgan fingerprint density at radius 3 is 2.69 bits per heavy atom. The van der Waals surface area contributed by atoms with E-state index in [0.717, 1.165) is 13.1 Å². The maximum Gasteiger partial charge on any atom is 0.279 e. The fraction of sp³-hybridized carbons (Fsp3) is 0.421. The standard InChI is InChI=1S/C19H20N4O2S/c1-12-17(13-6-8-23(12)9-7-13)22-18(24)14-2-4-15(5-3-14)25-19-21-11-16(10-20)26-19/h2-5,11-13,17H,6-9H2,1H3,(H,22,24). The van der Waals surface area contributed by atoms with E-state index in [4.69, 9.17) is 10.00 Å². The van der Waals surface area contributed by atoms with E-state index in [1.54, 1.807) is 24.3 Å². The zero-order valence-electron chi connectivity index (χ0n) is 14.5. The van der Waals surface area contributed by atoms with Crippen LogP contribution in [0, 0.1) is 17.2 Å². The first kappa shape index (κ1) is 17.0. The maximum absolute atomic E-state index is 12.6. The van der Waals surface area contributed by atoms with Crippen molar-refractivity contribution in [2.75, 3.05) is 13.1 Å². The Hall–Kier alpha value is -2.43. The van der Waals surface area contributed by atoms with E-state index in [2.05, 4.69) is 22.1 Å². The number of carbonyl (C=O) groups is 1. The lowest BCUT2D eigenvalue weighted by Gasteiger charge is -2.49. The lowest BCUT2D eigenvalue weighted by atomic mass is 9.79. The van der Waals surface area contributed by atoms with Gasteiger partial charge in [-0.1, -0.05) is 11.3 Å². The number of nitrogens with one attached hydrogen (secondary N) is 1. The number of nitriles is 1. The molecule has 2 atom stereocenters. The van der Waals surface area contributed by atoms with Crippen LogP contribution < -0.4 is 10.1 Å². The first-order valence-electron chi connectivity index (χ1n) is 8.83. The van der Waals surface area contributed by atoms with Crippen LogP contribution in [0.3, 0.4) is 0 Å². The molecule has 3 aliphatic rings. The number of benzene rings is 1. The minimum Gasteiger partial charge on any atom is -0.431 e. The van der Waals surface area contributed by atoms with Gasteiger partial charge in [0, 0.05) is 17.6 Å². The van der Waals surface area contributed by atoms with Crippen LogP contribution in [0.5, 0.6) is 10.9 Å². The third kappa shape index (κ3) is 3.30. The second kappa shape index (κ2) is 7.06. The fourth-order valence-electron chi connectivity index (χ4n) is 3.91. The molecular formula is C19H20N4O2S. The summed E-state index contributed by atoms with van der Waals surface area (Å²) in [6.07, 6.45) is 3.82. The monoisotopic (exact) mass is 368 g/mol. The van der Waals surface area contributed by atoms with Gasteiger partial charge in [-0.2, -0.15) is 5.26 Å². The van der Waals surface area contributed by atoms with Crippen molar-refractivity contribution in [3.8, 4) is 17.0 Å². The molecule has 0 radical (unpaired) electrons. The van der Waals surface area contributed by atoms with Crippen LogP contribution in [0.4, 0.5) is 0 Å². The SMILES string of the molecule is CC1C(NC(=O)c2ccc(Oc3ncc(C#N)s3)cc2)C2CCN1CC2.